The lowest BCUT2D eigenvalue weighted by Gasteiger charge is -2.05. The molecule has 0 aliphatic carbocycles. The fraction of sp³-hybridized carbons (Fsp3) is 0.357. The zero-order valence-electron chi connectivity index (χ0n) is 12.2. The maximum atomic E-state index is 12.0. The third-order valence-electron chi connectivity index (χ3n) is 3.09. The fourth-order valence-corrected chi connectivity index (χ4v) is 1.90. The smallest absolute Gasteiger partial charge is 0.273 e. The number of aromatic nitrogens is 3. The highest BCUT2D eigenvalue weighted by molar-refractivity contribution is 5.93. The van der Waals surface area contributed by atoms with E-state index in [0.29, 0.717) is 24.5 Å². The third-order valence-corrected chi connectivity index (χ3v) is 3.09. The van der Waals surface area contributed by atoms with Crippen LogP contribution in [0.4, 0.5) is 0 Å². The Morgan fingerprint density at radius 3 is 2.71 bits per heavy atom. The summed E-state index contributed by atoms with van der Waals surface area (Å²) in [6.07, 6.45) is 0.734. The van der Waals surface area contributed by atoms with Gasteiger partial charge in [0.2, 0.25) is 0 Å². The highest BCUT2D eigenvalue weighted by atomic mass is 16.5. The molecule has 0 unspecified atom stereocenters. The second-order valence-corrected chi connectivity index (χ2v) is 4.53. The molecule has 7 heteroatoms. The monoisotopic (exact) mass is 289 g/mol. The summed E-state index contributed by atoms with van der Waals surface area (Å²) in [4.78, 5) is 12.0. The van der Waals surface area contributed by atoms with Crippen LogP contribution in [0.2, 0.25) is 0 Å². The van der Waals surface area contributed by atoms with Crippen molar-refractivity contribution in [1.29, 1.82) is 0 Å². The van der Waals surface area contributed by atoms with E-state index in [-0.39, 0.29) is 5.91 Å². The quantitative estimate of drug-likeness (QED) is 0.762. The van der Waals surface area contributed by atoms with Gasteiger partial charge < -0.3 is 15.8 Å². The van der Waals surface area contributed by atoms with Gasteiger partial charge in [0.15, 0.2) is 5.69 Å². The van der Waals surface area contributed by atoms with E-state index in [2.05, 4.69) is 15.6 Å². The molecule has 0 saturated carbocycles. The lowest BCUT2D eigenvalue weighted by molar-refractivity contribution is 0.0948. The van der Waals surface area contributed by atoms with Crippen LogP contribution in [0.15, 0.2) is 24.3 Å². The summed E-state index contributed by atoms with van der Waals surface area (Å²) in [6.45, 7) is 2.88. The molecule has 112 valence electrons. The van der Waals surface area contributed by atoms with E-state index >= 15 is 0 Å². The minimum absolute atomic E-state index is 0.235. The van der Waals surface area contributed by atoms with E-state index in [9.17, 15) is 4.79 Å². The number of carbonyl (C=O) groups is 1. The number of hydrogen-bond acceptors (Lipinski definition) is 5. The second kappa shape index (κ2) is 6.85. The van der Waals surface area contributed by atoms with Gasteiger partial charge in [0.25, 0.3) is 5.91 Å². The van der Waals surface area contributed by atoms with E-state index in [1.165, 1.54) is 0 Å². The molecule has 0 radical (unpaired) electrons. The lowest BCUT2D eigenvalue weighted by Crippen LogP contribution is -2.27. The first-order valence-electron chi connectivity index (χ1n) is 6.72. The average Bonchev–Trinajstić information content (AvgIpc) is 2.89. The van der Waals surface area contributed by atoms with Gasteiger partial charge in [0.1, 0.15) is 5.75 Å². The van der Waals surface area contributed by atoms with Crippen molar-refractivity contribution in [2.75, 3.05) is 20.2 Å². The molecule has 0 spiro atoms. The van der Waals surface area contributed by atoms with Crippen LogP contribution >= 0.6 is 0 Å². The summed E-state index contributed by atoms with van der Waals surface area (Å²) in [5.41, 5.74) is 7.22. The first-order valence-corrected chi connectivity index (χ1v) is 6.72. The van der Waals surface area contributed by atoms with Crippen LogP contribution in [0, 0.1) is 6.92 Å². The minimum atomic E-state index is -0.235. The van der Waals surface area contributed by atoms with Crippen molar-refractivity contribution < 1.29 is 9.53 Å². The molecule has 0 aliphatic heterocycles. The summed E-state index contributed by atoms with van der Waals surface area (Å²) in [5, 5.41) is 10.8. The number of amides is 1. The maximum absolute atomic E-state index is 12.0. The third kappa shape index (κ3) is 3.38. The molecule has 0 atom stereocenters. The molecule has 2 rings (SSSR count). The molecule has 7 nitrogen and oxygen atoms in total. The SMILES string of the molecule is COc1ccc(-n2nnc(C(=O)NCCCN)c2C)cc1. The molecule has 0 saturated heterocycles. The molecule has 0 bridgehead atoms. The van der Waals surface area contributed by atoms with Crippen molar-refractivity contribution in [3.8, 4) is 11.4 Å². The first kappa shape index (κ1) is 15.0. The van der Waals surface area contributed by atoms with Crippen LogP contribution in [-0.2, 0) is 0 Å². The van der Waals surface area contributed by atoms with Crippen molar-refractivity contribution in [2.24, 2.45) is 5.73 Å². The van der Waals surface area contributed by atoms with Crippen LogP contribution in [-0.4, -0.2) is 41.1 Å². The Morgan fingerprint density at radius 1 is 1.38 bits per heavy atom. The van der Waals surface area contributed by atoms with E-state index < -0.39 is 0 Å². The van der Waals surface area contributed by atoms with E-state index in [1.54, 1.807) is 11.8 Å². The van der Waals surface area contributed by atoms with Gasteiger partial charge in [-0.05, 0) is 44.2 Å². The Labute approximate surface area is 123 Å². The Morgan fingerprint density at radius 2 is 2.10 bits per heavy atom. The summed E-state index contributed by atoms with van der Waals surface area (Å²) in [7, 11) is 1.61. The Hall–Kier alpha value is -2.41. The van der Waals surface area contributed by atoms with Gasteiger partial charge in [-0.15, -0.1) is 5.10 Å². The summed E-state index contributed by atoms with van der Waals surface area (Å²) in [6, 6.07) is 7.38. The highest BCUT2D eigenvalue weighted by Crippen LogP contribution is 2.16. The number of methoxy groups -OCH3 is 1. The number of rotatable bonds is 6. The number of benzene rings is 1. The molecule has 21 heavy (non-hydrogen) atoms. The van der Waals surface area contributed by atoms with E-state index in [0.717, 1.165) is 17.9 Å². The highest BCUT2D eigenvalue weighted by Gasteiger charge is 2.16. The van der Waals surface area contributed by atoms with Crippen LogP contribution in [0.25, 0.3) is 5.69 Å². The van der Waals surface area contributed by atoms with Gasteiger partial charge in [-0.25, -0.2) is 4.68 Å². The summed E-state index contributed by atoms with van der Waals surface area (Å²) >= 11 is 0. The normalized spacial score (nSPS) is 10.4. The van der Waals surface area contributed by atoms with Crippen LogP contribution in [0.1, 0.15) is 22.6 Å². The van der Waals surface area contributed by atoms with Crippen molar-refractivity contribution >= 4 is 5.91 Å². The number of ether oxygens (including phenoxy) is 1. The van der Waals surface area contributed by atoms with Crippen molar-refractivity contribution in [1.82, 2.24) is 20.3 Å². The second-order valence-electron chi connectivity index (χ2n) is 4.53. The van der Waals surface area contributed by atoms with Crippen LogP contribution in [0.3, 0.4) is 0 Å². The van der Waals surface area contributed by atoms with Gasteiger partial charge in [0, 0.05) is 6.54 Å². The Bertz CT molecular complexity index is 606. The predicted octanol–water partition coefficient (Wildman–Crippen LogP) is 0.663. The van der Waals surface area contributed by atoms with Gasteiger partial charge in [-0.2, -0.15) is 0 Å². The number of nitrogens with two attached hydrogens (primary N) is 1. The molecule has 1 aromatic heterocycles. The molecular weight excluding hydrogens is 270 g/mol. The minimum Gasteiger partial charge on any atom is -0.497 e. The van der Waals surface area contributed by atoms with Gasteiger partial charge in [0.05, 0.1) is 18.5 Å². The lowest BCUT2D eigenvalue weighted by atomic mass is 10.2. The van der Waals surface area contributed by atoms with Crippen molar-refractivity contribution in [2.45, 2.75) is 13.3 Å². The van der Waals surface area contributed by atoms with E-state index in [4.69, 9.17) is 10.5 Å². The van der Waals surface area contributed by atoms with Gasteiger partial charge in [-0.1, -0.05) is 5.21 Å². The number of nitrogens with one attached hydrogen (secondary N) is 1. The van der Waals surface area contributed by atoms with Crippen LogP contribution < -0.4 is 15.8 Å². The number of carbonyl (C=O) groups excluding carboxylic acids is 1. The largest absolute Gasteiger partial charge is 0.497 e. The first-order chi connectivity index (χ1) is 10.2. The zero-order chi connectivity index (χ0) is 15.2. The molecule has 1 amide bonds. The topological polar surface area (TPSA) is 95.1 Å². The van der Waals surface area contributed by atoms with Crippen molar-refractivity contribution in [3.63, 3.8) is 0 Å². The molecule has 3 N–H and O–H groups in total. The molecule has 0 aliphatic rings. The van der Waals surface area contributed by atoms with E-state index in [1.807, 2.05) is 31.2 Å². The molecule has 1 heterocycles. The maximum Gasteiger partial charge on any atom is 0.273 e. The standard InChI is InChI=1S/C14H19N5O2/c1-10-13(14(20)16-9-3-8-15)17-18-19(10)11-4-6-12(21-2)7-5-11/h4-7H,3,8-9,15H2,1-2H3,(H,16,20). The molecule has 2 aromatic rings. The molecular formula is C14H19N5O2. The fourth-order valence-electron chi connectivity index (χ4n) is 1.90. The molecule has 1 aromatic carbocycles. The Kier molecular flexibility index (Phi) is 4.89. The van der Waals surface area contributed by atoms with Gasteiger partial charge >= 0.3 is 0 Å². The Balaban J connectivity index is 2.17. The zero-order valence-corrected chi connectivity index (χ0v) is 12.2. The summed E-state index contributed by atoms with van der Waals surface area (Å²) < 4.78 is 6.74. The average molecular weight is 289 g/mol. The number of hydrogen-bond donors (Lipinski definition) is 2. The number of nitrogens with zero attached hydrogens (tertiary/aromatic N) is 3. The molecule has 0 fully saturated rings. The van der Waals surface area contributed by atoms with Crippen molar-refractivity contribution in [3.05, 3.63) is 35.7 Å². The summed E-state index contributed by atoms with van der Waals surface area (Å²) in [5.74, 6) is 0.525. The predicted molar refractivity (Wildman–Crippen MR) is 78.7 cm³/mol. The van der Waals surface area contributed by atoms with Gasteiger partial charge in [-0.3, -0.25) is 4.79 Å². The van der Waals surface area contributed by atoms with Crippen LogP contribution in [0.5, 0.6) is 5.75 Å².